The molecule has 0 radical (unpaired) electrons. The fourth-order valence-electron chi connectivity index (χ4n) is 1.89. The number of aromatic nitrogens is 2. The van der Waals surface area contributed by atoms with Crippen LogP contribution in [0.3, 0.4) is 0 Å². The van der Waals surface area contributed by atoms with Gasteiger partial charge in [0.15, 0.2) is 0 Å². The van der Waals surface area contributed by atoms with Crippen molar-refractivity contribution >= 4 is 0 Å². The maximum Gasteiger partial charge on any atom is 0.101 e. The minimum absolute atomic E-state index is 0.535. The molecular formula is C13H18N2O2. The van der Waals surface area contributed by atoms with E-state index < -0.39 is 6.10 Å². The molecule has 0 aromatic carbocycles. The third-order valence-corrected chi connectivity index (χ3v) is 2.93. The zero-order valence-corrected chi connectivity index (χ0v) is 10.5. The van der Waals surface area contributed by atoms with Crippen molar-refractivity contribution in [2.75, 3.05) is 0 Å². The molecule has 17 heavy (non-hydrogen) atoms. The molecule has 2 aromatic rings. The SMILES string of the molecule is CCc1cc(CC(O)c2coc(C)c2)n(C)n1. The van der Waals surface area contributed by atoms with Crippen LogP contribution in [-0.2, 0) is 19.9 Å². The lowest BCUT2D eigenvalue weighted by Crippen LogP contribution is -2.05. The zero-order valence-electron chi connectivity index (χ0n) is 10.5. The molecule has 92 valence electrons. The molecule has 0 aliphatic carbocycles. The van der Waals surface area contributed by atoms with Gasteiger partial charge in [-0.25, -0.2) is 0 Å². The first-order valence-electron chi connectivity index (χ1n) is 5.85. The van der Waals surface area contributed by atoms with Gasteiger partial charge in [-0.1, -0.05) is 6.92 Å². The minimum atomic E-state index is -0.535. The maximum atomic E-state index is 10.1. The van der Waals surface area contributed by atoms with Crippen molar-refractivity contribution in [3.63, 3.8) is 0 Å². The molecule has 1 unspecified atom stereocenters. The van der Waals surface area contributed by atoms with Crippen molar-refractivity contribution < 1.29 is 9.52 Å². The zero-order chi connectivity index (χ0) is 12.4. The molecule has 2 heterocycles. The first-order chi connectivity index (χ1) is 8.10. The summed E-state index contributed by atoms with van der Waals surface area (Å²) in [5.74, 6) is 0.818. The van der Waals surface area contributed by atoms with Crippen molar-refractivity contribution in [1.82, 2.24) is 9.78 Å². The highest BCUT2D eigenvalue weighted by molar-refractivity contribution is 5.18. The second-order valence-corrected chi connectivity index (χ2v) is 4.31. The Balaban J connectivity index is 2.12. The molecule has 0 bridgehead atoms. The van der Waals surface area contributed by atoms with E-state index in [1.807, 2.05) is 30.8 Å². The molecular weight excluding hydrogens is 216 g/mol. The summed E-state index contributed by atoms with van der Waals surface area (Å²) in [6, 6.07) is 3.90. The Bertz CT molecular complexity index is 499. The first-order valence-corrected chi connectivity index (χ1v) is 5.85. The molecule has 0 aliphatic heterocycles. The van der Waals surface area contributed by atoms with E-state index in [9.17, 15) is 5.11 Å². The summed E-state index contributed by atoms with van der Waals surface area (Å²) >= 11 is 0. The smallest absolute Gasteiger partial charge is 0.101 e. The monoisotopic (exact) mass is 234 g/mol. The highest BCUT2D eigenvalue weighted by Gasteiger charge is 2.14. The van der Waals surface area contributed by atoms with Crippen LogP contribution >= 0.6 is 0 Å². The molecule has 1 atom stereocenters. The summed E-state index contributed by atoms with van der Waals surface area (Å²) in [4.78, 5) is 0. The Morgan fingerprint density at radius 2 is 2.24 bits per heavy atom. The first kappa shape index (κ1) is 11.9. The van der Waals surface area contributed by atoms with E-state index in [4.69, 9.17) is 4.42 Å². The summed E-state index contributed by atoms with van der Waals surface area (Å²) in [6.07, 6.45) is 2.54. The van der Waals surface area contributed by atoms with Crippen LogP contribution < -0.4 is 0 Å². The topological polar surface area (TPSA) is 51.2 Å². The van der Waals surface area contributed by atoms with Crippen molar-refractivity contribution in [2.45, 2.75) is 32.8 Å². The molecule has 0 fully saturated rings. The van der Waals surface area contributed by atoms with Gasteiger partial charge in [0.25, 0.3) is 0 Å². The van der Waals surface area contributed by atoms with E-state index in [1.54, 1.807) is 6.26 Å². The number of furan rings is 1. The van der Waals surface area contributed by atoms with Gasteiger partial charge in [-0.15, -0.1) is 0 Å². The van der Waals surface area contributed by atoms with E-state index in [1.165, 1.54) is 0 Å². The van der Waals surface area contributed by atoms with Crippen LogP contribution in [0.4, 0.5) is 0 Å². The van der Waals surface area contributed by atoms with Crippen molar-refractivity contribution in [1.29, 1.82) is 0 Å². The van der Waals surface area contributed by atoms with E-state index in [2.05, 4.69) is 12.0 Å². The maximum absolute atomic E-state index is 10.1. The summed E-state index contributed by atoms with van der Waals surface area (Å²) in [5, 5.41) is 14.5. The van der Waals surface area contributed by atoms with Crippen molar-refractivity contribution in [3.8, 4) is 0 Å². The van der Waals surface area contributed by atoms with Crippen LogP contribution in [-0.4, -0.2) is 14.9 Å². The lowest BCUT2D eigenvalue weighted by molar-refractivity contribution is 0.175. The predicted octanol–water partition coefficient (Wildman–Crippen LogP) is 2.16. The standard InChI is InChI=1S/C13H18N2O2/c1-4-11-6-12(15(3)14-11)7-13(16)10-5-9(2)17-8-10/h5-6,8,13,16H,4,7H2,1-3H3. The summed E-state index contributed by atoms with van der Waals surface area (Å²) in [6.45, 7) is 3.94. The van der Waals surface area contributed by atoms with E-state index in [0.29, 0.717) is 6.42 Å². The number of rotatable bonds is 4. The van der Waals surface area contributed by atoms with E-state index >= 15 is 0 Å². The van der Waals surface area contributed by atoms with Gasteiger partial charge in [-0.05, 0) is 25.5 Å². The van der Waals surface area contributed by atoms with Crippen molar-refractivity contribution in [3.05, 3.63) is 41.1 Å². The minimum Gasteiger partial charge on any atom is -0.469 e. The molecule has 0 saturated heterocycles. The fourth-order valence-corrected chi connectivity index (χ4v) is 1.89. The number of aliphatic hydroxyl groups excluding tert-OH is 1. The molecule has 0 amide bonds. The average Bonchev–Trinajstić information content (AvgIpc) is 2.86. The number of aliphatic hydroxyl groups is 1. The van der Waals surface area contributed by atoms with Crippen LogP contribution in [0.25, 0.3) is 0 Å². The molecule has 4 heteroatoms. The van der Waals surface area contributed by atoms with Crippen LogP contribution in [0.2, 0.25) is 0 Å². The highest BCUT2D eigenvalue weighted by atomic mass is 16.3. The second-order valence-electron chi connectivity index (χ2n) is 4.31. The second kappa shape index (κ2) is 4.75. The lowest BCUT2D eigenvalue weighted by Gasteiger charge is -2.07. The van der Waals surface area contributed by atoms with Crippen LogP contribution in [0, 0.1) is 6.92 Å². The summed E-state index contributed by atoms with van der Waals surface area (Å²) in [5.41, 5.74) is 2.91. The van der Waals surface area contributed by atoms with E-state index in [0.717, 1.165) is 29.1 Å². The molecule has 0 spiro atoms. The third kappa shape index (κ3) is 2.58. The van der Waals surface area contributed by atoms with Gasteiger partial charge in [0.1, 0.15) is 5.76 Å². The van der Waals surface area contributed by atoms with Crippen LogP contribution in [0.5, 0.6) is 0 Å². The van der Waals surface area contributed by atoms with Gasteiger partial charge in [0.05, 0.1) is 18.1 Å². The van der Waals surface area contributed by atoms with Gasteiger partial charge in [-0.2, -0.15) is 5.10 Å². The Morgan fingerprint density at radius 3 is 2.76 bits per heavy atom. The Labute approximate surface area is 101 Å². The van der Waals surface area contributed by atoms with Gasteiger partial charge >= 0.3 is 0 Å². The fraction of sp³-hybridized carbons (Fsp3) is 0.462. The predicted molar refractivity (Wildman–Crippen MR) is 64.7 cm³/mol. The van der Waals surface area contributed by atoms with Gasteiger partial charge < -0.3 is 9.52 Å². The quantitative estimate of drug-likeness (QED) is 0.882. The molecule has 1 N–H and O–H groups in total. The number of hydrogen-bond donors (Lipinski definition) is 1. The van der Waals surface area contributed by atoms with Crippen molar-refractivity contribution in [2.24, 2.45) is 7.05 Å². The van der Waals surface area contributed by atoms with Crippen LogP contribution in [0.1, 0.15) is 35.7 Å². The molecule has 4 nitrogen and oxygen atoms in total. The Hall–Kier alpha value is -1.55. The largest absolute Gasteiger partial charge is 0.469 e. The average molecular weight is 234 g/mol. The van der Waals surface area contributed by atoms with Crippen LogP contribution in [0.15, 0.2) is 22.8 Å². The molecule has 0 aliphatic rings. The van der Waals surface area contributed by atoms with Gasteiger partial charge in [0, 0.05) is 24.7 Å². The summed E-state index contributed by atoms with van der Waals surface area (Å²) < 4.78 is 7.03. The summed E-state index contributed by atoms with van der Waals surface area (Å²) in [7, 11) is 1.90. The third-order valence-electron chi connectivity index (χ3n) is 2.93. The normalized spacial score (nSPS) is 12.9. The van der Waals surface area contributed by atoms with Gasteiger partial charge in [0.2, 0.25) is 0 Å². The Kier molecular flexibility index (Phi) is 3.33. The number of aryl methyl sites for hydroxylation is 3. The number of nitrogens with zero attached hydrogens (tertiary/aromatic N) is 2. The Morgan fingerprint density at radius 1 is 1.47 bits per heavy atom. The highest BCUT2D eigenvalue weighted by Crippen LogP contribution is 2.20. The molecule has 2 rings (SSSR count). The van der Waals surface area contributed by atoms with Gasteiger partial charge in [-0.3, -0.25) is 4.68 Å². The number of hydrogen-bond acceptors (Lipinski definition) is 3. The van der Waals surface area contributed by atoms with E-state index in [-0.39, 0.29) is 0 Å². The molecule has 2 aromatic heterocycles. The lowest BCUT2D eigenvalue weighted by atomic mass is 10.1. The molecule has 0 saturated carbocycles.